The first-order chi connectivity index (χ1) is 6.27. The molecular weight excluding hydrogens is 160 g/mol. The highest BCUT2D eigenvalue weighted by molar-refractivity contribution is 5.38. The maximum absolute atomic E-state index is 9.57. The van der Waals surface area contributed by atoms with Crippen LogP contribution in [0.1, 0.15) is 11.1 Å². The van der Waals surface area contributed by atoms with E-state index in [9.17, 15) is 5.11 Å². The zero-order valence-corrected chi connectivity index (χ0v) is 7.66. The summed E-state index contributed by atoms with van der Waals surface area (Å²) in [5.41, 5.74) is 2.00. The van der Waals surface area contributed by atoms with E-state index >= 15 is 0 Å². The molecule has 0 atom stereocenters. The normalized spacial score (nSPS) is 9.54. The predicted octanol–water partition coefficient (Wildman–Crippen LogP) is 2.85. The summed E-state index contributed by atoms with van der Waals surface area (Å²) >= 11 is 0. The summed E-state index contributed by atoms with van der Waals surface area (Å²) in [6, 6.07) is 5.70. The van der Waals surface area contributed by atoms with Gasteiger partial charge in [-0.25, -0.2) is 0 Å². The number of hydrogen-bond donors (Lipinski definition) is 1. The summed E-state index contributed by atoms with van der Waals surface area (Å²) in [4.78, 5) is 0. The van der Waals surface area contributed by atoms with Gasteiger partial charge in [0.2, 0.25) is 0 Å². The minimum absolute atomic E-state index is 0.347. The molecule has 1 aromatic carbocycles. The Labute approximate surface area is 79.0 Å². The fourth-order valence-corrected chi connectivity index (χ4v) is 1.23. The Bertz CT molecular complexity index is 313. The molecule has 0 unspecified atom stereocenters. The average molecular weight is 174 g/mol. The molecule has 1 aromatic rings. The second-order valence-electron chi connectivity index (χ2n) is 2.95. The van der Waals surface area contributed by atoms with E-state index in [2.05, 4.69) is 13.2 Å². The molecule has 0 bridgehead atoms. The highest BCUT2D eigenvalue weighted by atomic mass is 16.3. The van der Waals surface area contributed by atoms with Crippen molar-refractivity contribution < 1.29 is 5.11 Å². The van der Waals surface area contributed by atoms with Gasteiger partial charge in [0.1, 0.15) is 5.75 Å². The molecule has 0 saturated heterocycles. The lowest BCUT2D eigenvalue weighted by atomic mass is 10.1. The number of rotatable bonds is 4. The number of benzene rings is 1. The van der Waals surface area contributed by atoms with Crippen molar-refractivity contribution in [2.24, 2.45) is 0 Å². The van der Waals surface area contributed by atoms with Crippen molar-refractivity contribution in [1.29, 1.82) is 0 Å². The van der Waals surface area contributed by atoms with Gasteiger partial charge in [0.05, 0.1) is 0 Å². The van der Waals surface area contributed by atoms with Crippen LogP contribution in [0, 0.1) is 0 Å². The van der Waals surface area contributed by atoms with Gasteiger partial charge in [0.25, 0.3) is 0 Å². The first-order valence-electron chi connectivity index (χ1n) is 4.30. The molecule has 0 heterocycles. The summed E-state index contributed by atoms with van der Waals surface area (Å²) in [7, 11) is 0. The van der Waals surface area contributed by atoms with E-state index < -0.39 is 0 Å². The van der Waals surface area contributed by atoms with Gasteiger partial charge < -0.3 is 5.11 Å². The second kappa shape index (κ2) is 4.51. The van der Waals surface area contributed by atoms with Crippen LogP contribution in [0.4, 0.5) is 0 Å². The fraction of sp³-hybridized carbons (Fsp3) is 0.167. The van der Waals surface area contributed by atoms with E-state index in [1.165, 1.54) is 0 Å². The highest BCUT2D eigenvalue weighted by Crippen LogP contribution is 2.19. The Morgan fingerprint density at radius 3 is 2.38 bits per heavy atom. The van der Waals surface area contributed by atoms with Crippen molar-refractivity contribution in [3.8, 4) is 5.75 Å². The smallest absolute Gasteiger partial charge is 0.119 e. The van der Waals surface area contributed by atoms with E-state index in [1.54, 1.807) is 12.1 Å². The maximum atomic E-state index is 9.57. The molecule has 1 heteroatoms. The number of hydrogen-bond acceptors (Lipinski definition) is 1. The molecule has 0 saturated carbocycles. The van der Waals surface area contributed by atoms with Crippen LogP contribution >= 0.6 is 0 Å². The topological polar surface area (TPSA) is 20.2 Å². The van der Waals surface area contributed by atoms with Crippen LogP contribution in [-0.2, 0) is 12.8 Å². The molecule has 1 nitrogen and oxygen atoms in total. The molecule has 0 aromatic heterocycles. The third kappa shape index (κ3) is 2.48. The number of phenols is 1. The molecular formula is C12H14O. The first kappa shape index (κ1) is 9.59. The molecule has 0 amide bonds. The molecule has 68 valence electrons. The lowest BCUT2D eigenvalue weighted by molar-refractivity contribution is 0.469. The van der Waals surface area contributed by atoms with E-state index in [4.69, 9.17) is 0 Å². The largest absolute Gasteiger partial charge is 0.508 e. The first-order valence-corrected chi connectivity index (χ1v) is 4.30. The van der Waals surface area contributed by atoms with Gasteiger partial charge in [-0.15, -0.1) is 13.2 Å². The average Bonchev–Trinajstić information content (AvgIpc) is 2.10. The van der Waals surface area contributed by atoms with Crippen molar-refractivity contribution >= 4 is 0 Å². The van der Waals surface area contributed by atoms with Gasteiger partial charge in [0, 0.05) is 0 Å². The summed E-state index contributed by atoms with van der Waals surface area (Å²) in [6.07, 6.45) is 5.10. The third-order valence-corrected chi connectivity index (χ3v) is 1.89. The molecule has 1 rings (SSSR count). The maximum Gasteiger partial charge on any atom is 0.119 e. The monoisotopic (exact) mass is 174 g/mol. The Morgan fingerprint density at radius 2 is 1.85 bits per heavy atom. The minimum Gasteiger partial charge on any atom is -0.508 e. The van der Waals surface area contributed by atoms with Crippen molar-refractivity contribution in [2.75, 3.05) is 0 Å². The number of allylic oxidation sites excluding steroid dienone is 2. The van der Waals surface area contributed by atoms with Crippen molar-refractivity contribution in [1.82, 2.24) is 0 Å². The fourth-order valence-electron chi connectivity index (χ4n) is 1.23. The van der Waals surface area contributed by atoms with E-state index in [1.807, 2.05) is 18.2 Å². The van der Waals surface area contributed by atoms with Crippen LogP contribution in [0.15, 0.2) is 43.5 Å². The Balaban J connectivity index is 2.90. The Morgan fingerprint density at radius 1 is 1.15 bits per heavy atom. The lowest BCUT2D eigenvalue weighted by Crippen LogP contribution is -1.85. The van der Waals surface area contributed by atoms with Crippen molar-refractivity contribution in [2.45, 2.75) is 12.8 Å². The van der Waals surface area contributed by atoms with Gasteiger partial charge in [-0.1, -0.05) is 24.3 Å². The predicted molar refractivity (Wildman–Crippen MR) is 55.9 cm³/mol. The highest BCUT2D eigenvalue weighted by Gasteiger charge is 1.99. The zero-order valence-electron chi connectivity index (χ0n) is 7.66. The molecule has 0 spiro atoms. The number of aromatic hydroxyl groups is 1. The molecule has 0 radical (unpaired) electrons. The van der Waals surface area contributed by atoms with Gasteiger partial charge in [-0.2, -0.15) is 0 Å². The SMILES string of the molecule is C=CCc1ccc(CC=C)c(O)c1. The van der Waals surface area contributed by atoms with Crippen LogP contribution in [0.25, 0.3) is 0 Å². The summed E-state index contributed by atoms with van der Waals surface area (Å²) in [5, 5.41) is 9.57. The molecule has 0 aliphatic carbocycles. The van der Waals surface area contributed by atoms with Crippen molar-refractivity contribution in [3.05, 3.63) is 54.6 Å². The summed E-state index contributed by atoms with van der Waals surface area (Å²) < 4.78 is 0. The summed E-state index contributed by atoms with van der Waals surface area (Å²) in [5.74, 6) is 0.347. The van der Waals surface area contributed by atoms with Crippen LogP contribution < -0.4 is 0 Å². The standard InChI is InChI=1S/C12H14O/c1-3-5-10-7-8-11(6-4-2)12(13)9-10/h3-4,7-9,13H,1-2,5-6H2. The molecule has 0 aliphatic rings. The van der Waals surface area contributed by atoms with Crippen molar-refractivity contribution in [3.63, 3.8) is 0 Å². The third-order valence-electron chi connectivity index (χ3n) is 1.89. The van der Waals surface area contributed by atoms with E-state index in [0.29, 0.717) is 12.2 Å². The quantitative estimate of drug-likeness (QED) is 0.696. The van der Waals surface area contributed by atoms with Crippen LogP contribution in [0.2, 0.25) is 0 Å². The van der Waals surface area contributed by atoms with Crippen LogP contribution in [0.5, 0.6) is 5.75 Å². The van der Waals surface area contributed by atoms with E-state index in [-0.39, 0.29) is 0 Å². The van der Waals surface area contributed by atoms with Gasteiger partial charge >= 0.3 is 0 Å². The number of phenolic OH excluding ortho intramolecular Hbond substituents is 1. The Hall–Kier alpha value is -1.50. The van der Waals surface area contributed by atoms with Gasteiger partial charge in [-0.05, 0) is 30.0 Å². The molecule has 0 fully saturated rings. The summed E-state index contributed by atoms with van der Waals surface area (Å²) in [6.45, 7) is 7.28. The minimum atomic E-state index is 0.347. The van der Waals surface area contributed by atoms with Gasteiger partial charge in [0.15, 0.2) is 0 Å². The zero-order chi connectivity index (χ0) is 9.68. The molecule has 13 heavy (non-hydrogen) atoms. The molecule has 1 N–H and O–H groups in total. The van der Waals surface area contributed by atoms with Crippen LogP contribution in [-0.4, -0.2) is 5.11 Å². The van der Waals surface area contributed by atoms with Crippen LogP contribution in [0.3, 0.4) is 0 Å². The van der Waals surface area contributed by atoms with Gasteiger partial charge in [-0.3, -0.25) is 0 Å². The molecule has 0 aliphatic heterocycles. The Kier molecular flexibility index (Phi) is 3.32. The van der Waals surface area contributed by atoms with E-state index in [0.717, 1.165) is 17.5 Å². The second-order valence-corrected chi connectivity index (χ2v) is 2.95. The lowest BCUT2D eigenvalue weighted by Gasteiger charge is -2.03.